The Bertz CT molecular complexity index is 901. The Hall–Kier alpha value is -3.04. The molecule has 0 saturated heterocycles. The highest BCUT2D eigenvalue weighted by Gasteiger charge is 2.79. The Morgan fingerprint density at radius 2 is 0.889 bits per heavy atom. The second-order valence-corrected chi connectivity index (χ2v) is 9.69. The molecule has 3 rings (SSSR count). The molecule has 0 aliphatic heterocycles. The summed E-state index contributed by atoms with van der Waals surface area (Å²) in [6, 6.07) is 0. The minimum Gasteiger partial charge on any atom is -0.511 e. The van der Waals surface area contributed by atoms with E-state index < -0.39 is 58.1 Å². The van der Waals surface area contributed by atoms with Crippen LogP contribution in [0.2, 0.25) is 0 Å². The summed E-state index contributed by atoms with van der Waals surface area (Å²) >= 11 is 0. The number of esters is 4. The topological polar surface area (TPSA) is 146 Å². The lowest BCUT2D eigenvalue weighted by Crippen LogP contribution is -2.51. The van der Waals surface area contributed by atoms with Crippen LogP contribution in [0, 0.1) is 22.7 Å². The van der Waals surface area contributed by atoms with Gasteiger partial charge in [-0.1, -0.05) is 51.4 Å². The number of aliphatic hydroxyl groups excluding tert-OH is 2. The second kappa shape index (κ2) is 10.9. The minimum atomic E-state index is -1.69. The number of ether oxygens (including phenoxy) is 4. The molecule has 0 unspecified atom stereocenters. The van der Waals surface area contributed by atoms with Gasteiger partial charge in [0.1, 0.15) is 23.4 Å². The van der Waals surface area contributed by atoms with Crippen LogP contribution in [0.15, 0.2) is 22.7 Å². The summed E-state index contributed by atoms with van der Waals surface area (Å²) in [5.74, 6) is -8.02. The van der Waals surface area contributed by atoms with Crippen LogP contribution in [0.4, 0.5) is 0 Å². The molecule has 36 heavy (non-hydrogen) atoms. The predicted octanol–water partition coefficient (Wildman–Crippen LogP) is 3.45. The molecule has 0 aromatic carbocycles. The number of hydrogen-bond donors (Lipinski definition) is 2. The lowest BCUT2D eigenvalue weighted by molar-refractivity contribution is -0.159. The normalized spacial score (nSPS) is 30.9. The summed E-state index contributed by atoms with van der Waals surface area (Å²) in [5, 5.41) is 23.0. The molecule has 2 N–H and O–H groups in total. The highest BCUT2D eigenvalue weighted by molar-refractivity contribution is 6.03. The first kappa shape index (κ1) is 27.5. The molecule has 0 heterocycles. The highest BCUT2D eigenvalue weighted by atomic mass is 16.5. The molecular formula is C26H36O10. The standard InChI is InChI=1S/C26H36O10/c1-33-21(29)15-19(27)16(22(30)34-2)26-14-12-10-8-6-5-7-9-11-13-25(15,26)17(23(31)35-3)20(28)18(26)24(32)36-4/h15,18,27-28H,5-14H2,1-4H3/t15-,18-,25+,26-/m1/s1. The van der Waals surface area contributed by atoms with Gasteiger partial charge in [0, 0.05) is 10.8 Å². The van der Waals surface area contributed by atoms with Crippen LogP contribution in [-0.4, -0.2) is 62.5 Å². The number of carbonyl (C=O) groups excluding carboxylic acids is 4. The van der Waals surface area contributed by atoms with E-state index in [1.165, 1.54) is 0 Å². The zero-order chi connectivity index (χ0) is 26.7. The van der Waals surface area contributed by atoms with Gasteiger partial charge in [0.25, 0.3) is 0 Å². The van der Waals surface area contributed by atoms with Gasteiger partial charge in [-0.2, -0.15) is 0 Å². The molecule has 1 saturated carbocycles. The van der Waals surface area contributed by atoms with E-state index in [1.54, 1.807) is 0 Å². The number of hydrogen-bond acceptors (Lipinski definition) is 10. The molecule has 0 radical (unpaired) electrons. The van der Waals surface area contributed by atoms with Crippen molar-refractivity contribution in [1.29, 1.82) is 0 Å². The van der Waals surface area contributed by atoms with E-state index in [0.29, 0.717) is 12.8 Å². The van der Waals surface area contributed by atoms with Gasteiger partial charge < -0.3 is 29.2 Å². The van der Waals surface area contributed by atoms with E-state index in [4.69, 9.17) is 18.9 Å². The van der Waals surface area contributed by atoms with Crippen LogP contribution in [0.1, 0.15) is 64.2 Å². The zero-order valence-corrected chi connectivity index (χ0v) is 21.4. The predicted molar refractivity (Wildman–Crippen MR) is 125 cm³/mol. The molecule has 0 aromatic rings. The lowest BCUT2D eigenvalue weighted by atomic mass is 9.52. The van der Waals surface area contributed by atoms with E-state index in [9.17, 15) is 29.4 Å². The molecule has 0 bridgehead atoms. The number of methoxy groups -OCH3 is 4. The summed E-state index contributed by atoms with van der Waals surface area (Å²) in [4.78, 5) is 53.2. The Kier molecular flexibility index (Phi) is 8.36. The van der Waals surface area contributed by atoms with Crippen molar-refractivity contribution < 1.29 is 48.3 Å². The summed E-state index contributed by atoms with van der Waals surface area (Å²) in [7, 11) is 4.51. The summed E-state index contributed by atoms with van der Waals surface area (Å²) in [6.45, 7) is 0. The van der Waals surface area contributed by atoms with E-state index in [2.05, 4.69) is 0 Å². The summed E-state index contributed by atoms with van der Waals surface area (Å²) in [5.41, 5.74) is -4.00. The quantitative estimate of drug-likeness (QED) is 0.428. The Morgan fingerprint density at radius 1 is 0.583 bits per heavy atom. The molecule has 1 fully saturated rings. The van der Waals surface area contributed by atoms with Crippen LogP contribution in [0.5, 0.6) is 0 Å². The van der Waals surface area contributed by atoms with Crippen LogP contribution in [0.25, 0.3) is 0 Å². The van der Waals surface area contributed by atoms with E-state index in [1.807, 2.05) is 0 Å². The third kappa shape index (κ3) is 3.85. The third-order valence-corrected chi connectivity index (χ3v) is 8.28. The number of rotatable bonds is 4. The molecule has 3 aliphatic rings. The van der Waals surface area contributed by atoms with Crippen molar-refractivity contribution in [3.63, 3.8) is 0 Å². The Balaban J connectivity index is 2.48. The maximum atomic E-state index is 13.3. The first-order valence-electron chi connectivity index (χ1n) is 12.4. The highest BCUT2D eigenvalue weighted by Crippen LogP contribution is 2.74. The average Bonchev–Trinajstić information content (AvgIpc) is 3.20. The minimum absolute atomic E-state index is 0.110. The van der Waals surface area contributed by atoms with Crippen LogP contribution < -0.4 is 0 Å². The smallest absolute Gasteiger partial charge is 0.337 e. The van der Waals surface area contributed by atoms with E-state index in [-0.39, 0.29) is 24.0 Å². The van der Waals surface area contributed by atoms with E-state index in [0.717, 1.165) is 67.0 Å². The fraction of sp³-hybridized carbons (Fsp3) is 0.692. The molecule has 0 spiro atoms. The van der Waals surface area contributed by atoms with Gasteiger partial charge in [-0.05, 0) is 12.8 Å². The van der Waals surface area contributed by atoms with E-state index >= 15 is 0 Å². The fourth-order valence-electron chi connectivity index (χ4n) is 6.95. The molecule has 0 amide bonds. The maximum absolute atomic E-state index is 13.3. The molecular weight excluding hydrogens is 472 g/mol. The molecule has 4 atom stereocenters. The zero-order valence-electron chi connectivity index (χ0n) is 21.4. The van der Waals surface area contributed by atoms with Crippen molar-refractivity contribution in [3.8, 4) is 0 Å². The number of aliphatic hydroxyl groups is 2. The van der Waals surface area contributed by atoms with Crippen LogP contribution >= 0.6 is 0 Å². The van der Waals surface area contributed by atoms with Crippen LogP contribution in [-0.2, 0) is 38.1 Å². The van der Waals surface area contributed by atoms with Crippen molar-refractivity contribution in [2.75, 3.05) is 28.4 Å². The van der Waals surface area contributed by atoms with Gasteiger partial charge in [0.15, 0.2) is 0 Å². The first-order valence-corrected chi connectivity index (χ1v) is 12.4. The Labute approximate surface area is 210 Å². The largest absolute Gasteiger partial charge is 0.511 e. The SMILES string of the molecule is COC(=O)C1=C(O)[C@H](C(=O)OC)[C@]23CCCCCCCCCC[C@]12[C@@H](C(=O)OC)C(O)=C3C(=O)OC. The van der Waals surface area contributed by atoms with Gasteiger partial charge in [-0.25, -0.2) is 9.59 Å². The van der Waals surface area contributed by atoms with Gasteiger partial charge in [-0.3, -0.25) is 9.59 Å². The Morgan fingerprint density at radius 3 is 1.17 bits per heavy atom. The van der Waals surface area contributed by atoms with Gasteiger partial charge in [0.2, 0.25) is 0 Å². The van der Waals surface area contributed by atoms with Crippen molar-refractivity contribution in [1.82, 2.24) is 0 Å². The number of carbonyl (C=O) groups is 4. The molecule has 3 aliphatic carbocycles. The average molecular weight is 509 g/mol. The molecule has 10 nitrogen and oxygen atoms in total. The summed E-state index contributed by atoms with van der Waals surface area (Å²) in [6.07, 6.45) is 6.61. The third-order valence-electron chi connectivity index (χ3n) is 8.28. The fourth-order valence-corrected chi connectivity index (χ4v) is 6.95. The van der Waals surface area contributed by atoms with Gasteiger partial charge >= 0.3 is 23.9 Å². The van der Waals surface area contributed by atoms with Crippen molar-refractivity contribution in [2.45, 2.75) is 64.2 Å². The lowest BCUT2D eigenvalue weighted by Gasteiger charge is -2.47. The van der Waals surface area contributed by atoms with Gasteiger partial charge in [-0.15, -0.1) is 0 Å². The monoisotopic (exact) mass is 508 g/mol. The second-order valence-electron chi connectivity index (χ2n) is 9.69. The molecule has 0 aromatic heterocycles. The summed E-state index contributed by atoms with van der Waals surface area (Å²) < 4.78 is 20.2. The van der Waals surface area contributed by atoms with Gasteiger partial charge in [0.05, 0.1) is 39.6 Å². The van der Waals surface area contributed by atoms with Crippen LogP contribution in [0.3, 0.4) is 0 Å². The van der Waals surface area contributed by atoms with Crippen molar-refractivity contribution in [3.05, 3.63) is 22.7 Å². The molecule has 10 heteroatoms. The van der Waals surface area contributed by atoms with Crippen molar-refractivity contribution >= 4 is 23.9 Å². The van der Waals surface area contributed by atoms with Crippen molar-refractivity contribution in [2.24, 2.45) is 22.7 Å². The molecule has 200 valence electrons. The first-order chi connectivity index (χ1) is 17.2. The maximum Gasteiger partial charge on any atom is 0.337 e.